The van der Waals surface area contributed by atoms with Gasteiger partial charge in [0.25, 0.3) is 0 Å². The molecule has 0 amide bonds. The minimum Gasteiger partial charge on any atom is -0.478 e. The van der Waals surface area contributed by atoms with Crippen molar-refractivity contribution in [1.82, 2.24) is 9.97 Å². The van der Waals surface area contributed by atoms with Crippen LogP contribution in [0.15, 0.2) is 6.33 Å². The number of aliphatic hydroxyl groups is 1. The highest BCUT2D eigenvalue weighted by Gasteiger charge is 2.09. The van der Waals surface area contributed by atoms with Gasteiger partial charge in [-0.15, -0.1) is 0 Å². The van der Waals surface area contributed by atoms with E-state index in [1.54, 1.807) is 0 Å². The number of aliphatic hydroxyl groups excluding tert-OH is 1. The van der Waals surface area contributed by atoms with Crippen LogP contribution < -0.4 is 10.1 Å². The van der Waals surface area contributed by atoms with Crippen molar-refractivity contribution in [2.24, 2.45) is 0 Å². The molecule has 0 aliphatic rings. The molecule has 1 aromatic rings. The van der Waals surface area contributed by atoms with E-state index in [-0.39, 0.29) is 12.6 Å². The molecule has 1 atom stereocenters. The van der Waals surface area contributed by atoms with Crippen LogP contribution in [0.4, 0.5) is 5.82 Å². The average Bonchev–Trinajstić information content (AvgIpc) is 2.24. The zero-order valence-corrected chi connectivity index (χ0v) is 10.0. The molecule has 1 rings (SSSR count). The molecule has 0 bridgehead atoms. The number of rotatable bonds is 6. The lowest BCUT2D eigenvalue weighted by Gasteiger charge is -2.16. The molecule has 5 nitrogen and oxygen atoms in total. The van der Waals surface area contributed by atoms with Crippen molar-refractivity contribution in [3.8, 4) is 5.88 Å². The molecule has 1 aromatic heterocycles. The second-order valence-electron chi connectivity index (χ2n) is 3.64. The lowest BCUT2D eigenvalue weighted by Crippen LogP contribution is -2.18. The van der Waals surface area contributed by atoms with Gasteiger partial charge in [-0.25, -0.2) is 9.97 Å². The Labute approximate surface area is 95.9 Å². The summed E-state index contributed by atoms with van der Waals surface area (Å²) in [5.41, 5.74) is 0.897. The Morgan fingerprint density at radius 1 is 1.50 bits per heavy atom. The third-order valence-corrected chi connectivity index (χ3v) is 2.26. The molecule has 0 aliphatic carbocycles. The van der Waals surface area contributed by atoms with E-state index >= 15 is 0 Å². The number of ether oxygens (including phenoxy) is 1. The smallest absolute Gasteiger partial charge is 0.221 e. The summed E-state index contributed by atoms with van der Waals surface area (Å²) in [4.78, 5) is 8.22. The van der Waals surface area contributed by atoms with Gasteiger partial charge in [0, 0.05) is 12.6 Å². The number of anilines is 1. The van der Waals surface area contributed by atoms with Crippen LogP contribution in [0.25, 0.3) is 0 Å². The molecule has 0 saturated heterocycles. The Kier molecular flexibility index (Phi) is 4.98. The number of nitrogens with zero attached hydrogens (tertiary/aromatic N) is 2. The van der Waals surface area contributed by atoms with Crippen molar-refractivity contribution in [2.45, 2.75) is 33.2 Å². The Morgan fingerprint density at radius 3 is 2.88 bits per heavy atom. The van der Waals surface area contributed by atoms with Gasteiger partial charge in [-0.1, -0.05) is 0 Å². The molecule has 90 valence electrons. The zero-order valence-electron chi connectivity index (χ0n) is 10.0. The first-order chi connectivity index (χ1) is 7.69. The van der Waals surface area contributed by atoms with Crippen molar-refractivity contribution in [2.75, 3.05) is 18.5 Å². The van der Waals surface area contributed by atoms with Gasteiger partial charge in [0.2, 0.25) is 5.88 Å². The molecule has 16 heavy (non-hydrogen) atoms. The first kappa shape index (κ1) is 12.7. The van der Waals surface area contributed by atoms with Crippen LogP contribution >= 0.6 is 0 Å². The summed E-state index contributed by atoms with van der Waals surface area (Å²) in [6.07, 6.45) is 2.17. The molecule has 0 spiro atoms. The van der Waals surface area contributed by atoms with Gasteiger partial charge in [0.05, 0.1) is 12.2 Å². The van der Waals surface area contributed by atoms with E-state index < -0.39 is 0 Å². The predicted molar refractivity (Wildman–Crippen MR) is 62.7 cm³/mol. The molecule has 1 unspecified atom stereocenters. The van der Waals surface area contributed by atoms with Gasteiger partial charge in [-0.3, -0.25) is 0 Å². The highest BCUT2D eigenvalue weighted by Crippen LogP contribution is 2.21. The largest absolute Gasteiger partial charge is 0.478 e. The highest BCUT2D eigenvalue weighted by molar-refractivity contribution is 5.48. The van der Waals surface area contributed by atoms with Gasteiger partial charge in [-0.2, -0.15) is 0 Å². The minimum absolute atomic E-state index is 0.163. The lowest BCUT2D eigenvalue weighted by atomic mass is 10.2. The summed E-state index contributed by atoms with van der Waals surface area (Å²) < 4.78 is 5.38. The van der Waals surface area contributed by atoms with E-state index in [2.05, 4.69) is 15.3 Å². The third-order valence-electron chi connectivity index (χ3n) is 2.26. The Bertz CT molecular complexity index is 331. The van der Waals surface area contributed by atoms with Gasteiger partial charge in [0.1, 0.15) is 12.1 Å². The van der Waals surface area contributed by atoms with E-state index in [1.807, 2.05) is 20.8 Å². The molecule has 2 N–H and O–H groups in total. The van der Waals surface area contributed by atoms with E-state index in [0.29, 0.717) is 18.9 Å². The Morgan fingerprint density at radius 2 is 2.25 bits per heavy atom. The second kappa shape index (κ2) is 6.27. The maximum absolute atomic E-state index is 8.83. The monoisotopic (exact) mass is 225 g/mol. The summed E-state index contributed by atoms with van der Waals surface area (Å²) in [7, 11) is 0. The SMILES string of the molecule is CCOc1ncnc(NC(C)CCO)c1C. The van der Waals surface area contributed by atoms with Crippen LogP contribution in [0.3, 0.4) is 0 Å². The predicted octanol–water partition coefficient (Wildman–Crippen LogP) is 1.37. The molecule has 0 aliphatic heterocycles. The normalized spacial score (nSPS) is 12.2. The van der Waals surface area contributed by atoms with Crippen LogP contribution in [-0.2, 0) is 0 Å². The van der Waals surface area contributed by atoms with Crippen molar-refractivity contribution >= 4 is 5.82 Å². The third kappa shape index (κ3) is 3.34. The minimum atomic E-state index is 0.163. The summed E-state index contributed by atoms with van der Waals surface area (Å²) in [6, 6.07) is 0.174. The zero-order chi connectivity index (χ0) is 12.0. The van der Waals surface area contributed by atoms with Gasteiger partial charge in [0.15, 0.2) is 0 Å². The van der Waals surface area contributed by atoms with E-state index in [9.17, 15) is 0 Å². The fraction of sp³-hybridized carbons (Fsp3) is 0.636. The fourth-order valence-electron chi connectivity index (χ4n) is 1.36. The van der Waals surface area contributed by atoms with Gasteiger partial charge in [-0.05, 0) is 27.2 Å². The van der Waals surface area contributed by atoms with E-state index in [0.717, 1.165) is 11.4 Å². The summed E-state index contributed by atoms with van der Waals surface area (Å²) in [5.74, 6) is 1.37. The van der Waals surface area contributed by atoms with E-state index in [4.69, 9.17) is 9.84 Å². The summed E-state index contributed by atoms with van der Waals surface area (Å²) in [6.45, 7) is 6.58. The molecule has 0 radical (unpaired) electrons. The quantitative estimate of drug-likeness (QED) is 0.765. The fourth-order valence-corrected chi connectivity index (χ4v) is 1.36. The average molecular weight is 225 g/mol. The first-order valence-corrected chi connectivity index (χ1v) is 5.50. The highest BCUT2D eigenvalue weighted by atomic mass is 16.5. The molecule has 0 saturated carbocycles. The number of nitrogens with one attached hydrogen (secondary N) is 1. The number of hydrogen-bond acceptors (Lipinski definition) is 5. The topological polar surface area (TPSA) is 67.3 Å². The van der Waals surface area contributed by atoms with Crippen molar-refractivity contribution < 1.29 is 9.84 Å². The molecule has 0 fully saturated rings. The van der Waals surface area contributed by atoms with Gasteiger partial charge >= 0.3 is 0 Å². The molecular formula is C11H19N3O2. The maximum Gasteiger partial charge on any atom is 0.221 e. The van der Waals surface area contributed by atoms with Crippen LogP contribution in [0, 0.1) is 6.92 Å². The summed E-state index contributed by atoms with van der Waals surface area (Å²) in [5, 5.41) is 12.0. The Hall–Kier alpha value is -1.36. The van der Waals surface area contributed by atoms with Crippen LogP contribution in [0.1, 0.15) is 25.8 Å². The molecular weight excluding hydrogens is 206 g/mol. The number of aromatic nitrogens is 2. The van der Waals surface area contributed by atoms with Crippen LogP contribution in [0.2, 0.25) is 0 Å². The van der Waals surface area contributed by atoms with E-state index in [1.165, 1.54) is 6.33 Å². The summed E-state index contributed by atoms with van der Waals surface area (Å²) >= 11 is 0. The standard InChI is InChI=1S/C11H19N3O2/c1-4-16-11-9(3)10(12-7-13-11)14-8(2)5-6-15/h7-8,15H,4-6H2,1-3H3,(H,12,13,14). The van der Waals surface area contributed by atoms with Crippen molar-refractivity contribution in [1.29, 1.82) is 0 Å². The lowest BCUT2D eigenvalue weighted by molar-refractivity contribution is 0.282. The van der Waals surface area contributed by atoms with Gasteiger partial charge < -0.3 is 15.2 Å². The van der Waals surface area contributed by atoms with Crippen molar-refractivity contribution in [3.63, 3.8) is 0 Å². The maximum atomic E-state index is 8.83. The molecule has 5 heteroatoms. The first-order valence-electron chi connectivity index (χ1n) is 5.50. The van der Waals surface area contributed by atoms with Crippen molar-refractivity contribution in [3.05, 3.63) is 11.9 Å². The van der Waals surface area contributed by atoms with Crippen LogP contribution in [-0.4, -0.2) is 34.3 Å². The second-order valence-corrected chi connectivity index (χ2v) is 3.64. The number of hydrogen-bond donors (Lipinski definition) is 2. The molecule has 1 heterocycles. The Balaban J connectivity index is 2.76. The molecule has 0 aromatic carbocycles. The van der Waals surface area contributed by atoms with Crippen LogP contribution in [0.5, 0.6) is 5.88 Å².